The number of aliphatic hydroxyl groups is 2. The van der Waals surface area contributed by atoms with E-state index in [0.29, 0.717) is 0 Å². The van der Waals surface area contributed by atoms with E-state index in [1.807, 2.05) is 0 Å². The number of anilines is 1. The summed E-state index contributed by atoms with van der Waals surface area (Å²) in [5.74, 6) is -2.38. The Morgan fingerprint density at radius 3 is 2.64 bits per heavy atom. The second-order valence-electron chi connectivity index (χ2n) is 8.99. The van der Waals surface area contributed by atoms with E-state index >= 15 is 13.2 Å². The normalized spacial score (nSPS) is 18.0. The Morgan fingerprint density at radius 1 is 1.15 bits per heavy atom. The number of phenols is 1. The summed E-state index contributed by atoms with van der Waals surface area (Å²) < 4.78 is 72.1. The minimum Gasteiger partial charge on any atom is -0.508 e. The molecule has 0 amide bonds. The monoisotopic (exact) mass is 543 g/mol. The SMILES string of the molecule is C#Cc1c(F)ccc2cc(O)cc(-c3c(F)cc4c(N5CCOCC(C)C5F)nc(OC(O)O)nc4c3F)c12. The summed E-state index contributed by atoms with van der Waals surface area (Å²) in [6.45, 7) is -0.706. The summed E-state index contributed by atoms with van der Waals surface area (Å²) in [6.07, 6.45) is 3.82. The third kappa shape index (κ3) is 4.65. The molecule has 2 atom stereocenters. The van der Waals surface area contributed by atoms with Crippen molar-refractivity contribution in [2.24, 2.45) is 5.92 Å². The predicted molar refractivity (Wildman–Crippen MR) is 133 cm³/mol. The summed E-state index contributed by atoms with van der Waals surface area (Å²) in [5, 5.41) is 28.8. The molecule has 2 unspecified atom stereocenters. The number of phenolic OH excluding ortho intramolecular Hbond substituents is 1. The Labute approximate surface area is 219 Å². The second kappa shape index (κ2) is 10.2. The van der Waals surface area contributed by atoms with Gasteiger partial charge in [0.25, 0.3) is 0 Å². The molecule has 0 saturated carbocycles. The summed E-state index contributed by atoms with van der Waals surface area (Å²) in [7, 11) is 0. The number of benzene rings is 3. The topological polar surface area (TPSA) is 108 Å². The van der Waals surface area contributed by atoms with Crippen LogP contribution in [0.25, 0.3) is 32.8 Å². The summed E-state index contributed by atoms with van der Waals surface area (Å²) >= 11 is 0. The number of aromatic nitrogens is 2. The van der Waals surface area contributed by atoms with Crippen LogP contribution in [0.3, 0.4) is 0 Å². The maximum atomic E-state index is 16.3. The predicted octanol–water partition coefficient (Wildman–Crippen LogP) is 3.97. The Bertz CT molecular complexity index is 1640. The van der Waals surface area contributed by atoms with Crippen LogP contribution < -0.4 is 9.64 Å². The van der Waals surface area contributed by atoms with Gasteiger partial charge in [0.1, 0.15) is 28.7 Å². The summed E-state index contributed by atoms with van der Waals surface area (Å²) in [4.78, 5) is 9.00. The van der Waals surface area contributed by atoms with E-state index in [2.05, 4.69) is 15.9 Å². The number of hydrogen-bond acceptors (Lipinski definition) is 8. The molecule has 2 heterocycles. The first-order valence-corrected chi connectivity index (χ1v) is 11.7. The van der Waals surface area contributed by atoms with Crippen molar-refractivity contribution in [3.63, 3.8) is 0 Å². The molecule has 1 saturated heterocycles. The zero-order valence-corrected chi connectivity index (χ0v) is 20.3. The van der Waals surface area contributed by atoms with Crippen molar-refractivity contribution in [3.05, 3.63) is 53.3 Å². The van der Waals surface area contributed by atoms with Gasteiger partial charge in [-0.25, -0.2) is 17.6 Å². The number of aromatic hydroxyl groups is 1. The third-order valence-electron chi connectivity index (χ3n) is 6.42. The molecule has 202 valence electrons. The molecule has 1 aliphatic heterocycles. The van der Waals surface area contributed by atoms with Crippen LogP contribution in [0.1, 0.15) is 12.5 Å². The number of hydrogen-bond donors (Lipinski definition) is 3. The molecule has 0 aliphatic carbocycles. The lowest BCUT2D eigenvalue weighted by molar-refractivity contribution is -0.183. The fourth-order valence-electron chi connectivity index (χ4n) is 4.70. The highest BCUT2D eigenvalue weighted by atomic mass is 19.1. The minimum atomic E-state index is -2.40. The van der Waals surface area contributed by atoms with E-state index in [1.165, 1.54) is 12.1 Å². The largest absolute Gasteiger partial charge is 0.508 e. The quantitative estimate of drug-likeness (QED) is 0.154. The number of nitrogens with zero attached hydrogens (tertiary/aromatic N) is 3. The van der Waals surface area contributed by atoms with E-state index in [9.17, 15) is 19.7 Å². The highest BCUT2D eigenvalue weighted by Gasteiger charge is 2.32. The Balaban J connectivity index is 1.85. The van der Waals surface area contributed by atoms with E-state index in [4.69, 9.17) is 15.9 Å². The lowest BCUT2D eigenvalue weighted by atomic mass is 9.92. The number of ether oxygens (including phenoxy) is 2. The Hall–Kier alpha value is -4.18. The van der Waals surface area contributed by atoms with Gasteiger partial charge in [-0.05, 0) is 29.7 Å². The fourth-order valence-corrected chi connectivity index (χ4v) is 4.70. The van der Waals surface area contributed by atoms with Crippen LogP contribution in [0.2, 0.25) is 0 Å². The van der Waals surface area contributed by atoms with Crippen molar-refractivity contribution in [1.29, 1.82) is 0 Å². The summed E-state index contributed by atoms with van der Waals surface area (Å²) in [5.41, 5.74) is -1.82. The molecule has 12 heteroatoms. The van der Waals surface area contributed by atoms with Gasteiger partial charge in [0, 0.05) is 28.8 Å². The van der Waals surface area contributed by atoms with Gasteiger partial charge in [0.05, 0.1) is 24.3 Å². The van der Waals surface area contributed by atoms with Gasteiger partial charge in [-0.1, -0.05) is 18.9 Å². The van der Waals surface area contributed by atoms with Crippen molar-refractivity contribution in [2.75, 3.05) is 24.7 Å². The van der Waals surface area contributed by atoms with Crippen LogP contribution in [0.15, 0.2) is 30.3 Å². The summed E-state index contributed by atoms with van der Waals surface area (Å²) in [6, 6.07) is 4.79. The lowest BCUT2D eigenvalue weighted by Crippen LogP contribution is -2.38. The van der Waals surface area contributed by atoms with Gasteiger partial charge in [0.2, 0.25) is 0 Å². The van der Waals surface area contributed by atoms with Crippen LogP contribution >= 0.6 is 0 Å². The number of rotatable bonds is 4. The Morgan fingerprint density at radius 2 is 1.92 bits per heavy atom. The van der Waals surface area contributed by atoms with Crippen LogP contribution in [-0.4, -0.2) is 57.8 Å². The second-order valence-corrected chi connectivity index (χ2v) is 8.99. The van der Waals surface area contributed by atoms with Crippen LogP contribution in [-0.2, 0) is 4.74 Å². The first-order chi connectivity index (χ1) is 18.6. The van der Waals surface area contributed by atoms with Gasteiger partial charge in [-0.15, -0.1) is 6.42 Å². The van der Waals surface area contributed by atoms with Crippen LogP contribution in [0, 0.1) is 35.7 Å². The highest BCUT2D eigenvalue weighted by molar-refractivity contribution is 6.04. The van der Waals surface area contributed by atoms with Crippen LogP contribution in [0.5, 0.6) is 11.8 Å². The molecular weight excluding hydrogens is 522 g/mol. The first-order valence-electron chi connectivity index (χ1n) is 11.7. The molecule has 8 nitrogen and oxygen atoms in total. The third-order valence-corrected chi connectivity index (χ3v) is 6.42. The fraction of sp³-hybridized carbons (Fsp3) is 0.259. The number of aliphatic hydroxyl groups excluding tert-OH is 1. The molecule has 3 N–H and O–H groups in total. The molecular formula is C27H21F4N3O5. The van der Waals surface area contributed by atoms with Crippen molar-refractivity contribution in [3.8, 4) is 35.2 Å². The maximum absolute atomic E-state index is 16.3. The maximum Gasteiger partial charge on any atom is 0.323 e. The molecule has 39 heavy (non-hydrogen) atoms. The molecule has 5 rings (SSSR count). The lowest BCUT2D eigenvalue weighted by Gasteiger charge is -2.28. The van der Waals surface area contributed by atoms with Gasteiger partial charge in [-0.2, -0.15) is 9.97 Å². The molecule has 0 bridgehead atoms. The molecule has 3 aromatic carbocycles. The average molecular weight is 543 g/mol. The van der Waals surface area contributed by atoms with Gasteiger partial charge >= 0.3 is 12.5 Å². The van der Waals surface area contributed by atoms with Crippen molar-refractivity contribution in [1.82, 2.24) is 9.97 Å². The zero-order chi connectivity index (χ0) is 28.0. The standard InChI is InChI=1S/C27H21F4N3O5/c1-3-15-18(28)5-4-13-8-14(35)9-16(20(13)15)21-19(29)10-17-23(22(21)30)32-26(39-27(36)37)33-25(17)34-6-7-38-11-12(2)24(34)31/h1,4-5,8-10,12,24,27,35-37H,6-7,11H2,2H3. The zero-order valence-electron chi connectivity index (χ0n) is 20.3. The number of alkyl halides is 1. The number of terminal acetylenes is 1. The molecule has 1 fully saturated rings. The van der Waals surface area contributed by atoms with E-state index in [-0.39, 0.29) is 58.6 Å². The van der Waals surface area contributed by atoms with Gasteiger partial charge < -0.3 is 29.7 Å². The smallest absolute Gasteiger partial charge is 0.323 e. The number of fused-ring (bicyclic) bond motifs is 2. The molecule has 1 aliphatic rings. The highest BCUT2D eigenvalue weighted by Crippen LogP contribution is 2.42. The molecule has 1 aromatic heterocycles. The van der Waals surface area contributed by atoms with Gasteiger partial charge in [-0.3, -0.25) is 0 Å². The van der Waals surface area contributed by atoms with Crippen molar-refractivity contribution >= 4 is 27.5 Å². The van der Waals surface area contributed by atoms with Crippen LogP contribution in [0.4, 0.5) is 23.4 Å². The Kier molecular flexibility index (Phi) is 6.90. The van der Waals surface area contributed by atoms with Crippen molar-refractivity contribution < 1.29 is 42.4 Å². The van der Waals surface area contributed by atoms with Gasteiger partial charge in [0.15, 0.2) is 12.1 Å². The average Bonchev–Trinajstić information content (AvgIpc) is 3.04. The van der Waals surface area contributed by atoms with E-state index < -0.39 is 53.2 Å². The van der Waals surface area contributed by atoms with E-state index in [0.717, 1.165) is 23.1 Å². The molecule has 0 radical (unpaired) electrons. The molecule has 0 spiro atoms. The molecule has 4 aromatic rings. The van der Waals surface area contributed by atoms with Crippen molar-refractivity contribution in [2.45, 2.75) is 19.7 Å². The first kappa shape index (κ1) is 26.4. The minimum absolute atomic E-state index is 0.0358. The van der Waals surface area contributed by atoms with E-state index in [1.54, 1.807) is 6.92 Å². The number of halogens is 4.